The molecule has 152 valence electrons. The number of amides is 1. The number of sulfonamides is 1. The average Bonchev–Trinajstić information content (AvgIpc) is 2.63. The van der Waals surface area contributed by atoms with Crippen LogP contribution in [-0.4, -0.2) is 33.8 Å². The molecule has 8 heteroatoms. The van der Waals surface area contributed by atoms with Crippen LogP contribution in [0, 0.1) is 0 Å². The van der Waals surface area contributed by atoms with Crippen LogP contribution in [0.4, 0.5) is 11.4 Å². The normalized spacial score (nSPS) is 11.0. The smallest absolute Gasteiger partial charge is 0.255 e. The highest BCUT2D eigenvalue weighted by atomic mass is 32.2. The van der Waals surface area contributed by atoms with Crippen LogP contribution in [0.15, 0.2) is 42.5 Å². The first-order chi connectivity index (χ1) is 13.3. The zero-order valence-electron chi connectivity index (χ0n) is 16.3. The van der Waals surface area contributed by atoms with E-state index in [0.29, 0.717) is 41.7 Å². The summed E-state index contributed by atoms with van der Waals surface area (Å²) in [6.45, 7) is 5.01. The first-order valence-electron chi connectivity index (χ1n) is 9.11. The van der Waals surface area contributed by atoms with Gasteiger partial charge >= 0.3 is 0 Å². The lowest BCUT2D eigenvalue weighted by molar-refractivity contribution is 0.102. The van der Waals surface area contributed by atoms with E-state index in [0.717, 1.165) is 19.1 Å². The Labute approximate surface area is 166 Å². The molecule has 2 aromatic carbocycles. The lowest BCUT2D eigenvalue weighted by Crippen LogP contribution is -2.13. The summed E-state index contributed by atoms with van der Waals surface area (Å²) in [5, 5.41) is 2.78. The molecule has 0 spiro atoms. The predicted octanol–water partition coefficient (Wildman–Crippen LogP) is 3.89. The third-order valence-corrected chi connectivity index (χ3v) is 4.31. The molecule has 0 unspecified atom stereocenters. The molecule has 0 atom stereocenters. The summed E-state index contributed by atoms with van der Waals surface area (Å²) < 4.78 is 36.2. The Balaban J connectivity index is 2.09. The summed E-state index contributed by atoms with van der Waals surface area (Å²) in [5.41, 5.74) is 1.41. The van der Waals surface area contributed by atoms with E-state index in [4.69, 9.17) is 9.47 Å². The zero-order valence-corrected chi connectivity index (χ0v) is 17.1. The molecule has 0 aliphatic heterocycles. The molecule has 0 saturated heterocycles. The van der Waals surface area contributed by atoms with E-state index in [-0.39, 0.29) is 5.91 Å². The molecule has 28 heavy (non-hydrogen) atoms. The van der Waals surface area contributed by atoms with Crippen LogP contribution in [-0.2, 0) is 10.0 Å². The van der Waals surface area contributed by atoms with Crippen LogP contribution in [0.1, 0.15) is 37.0 Å². The Bertz CT molecular complexity index is 895. The van der Waals surface area contributed by atoms with Crippen molar-refractivity contribution in [3.63, 3.8) is 0 Å². The minimum absolute atomic E-state index is 0.301. The number of carbonyl (C=O) groups is 1. The molecule has 1 amide bonds. The van der Waals surface area contributed by atoms with Gasteiger partial charge in [0.2, 0.25) is 10.0 Å². The summed E-state index contributed by atoms with van der Waals surface area (Å²) in [7, 11) is -3.34. The highest BCUT2D eigenvalue weighted by molar-refractivity contribution is 7.92. The van der Waals surface area contributed by atoms with E-state index in [1.165, 1.54) is 0 Å². The van der Waals surface area contributed by atoms with Gasteiger partial charge in [0.25, 0.3) is 5.91 Å². The summed E-state index contributed by atoms with van der Waals surface area (Å²) in [6, 6.07) is 11.5. The molecule has 0 aromatic heterocycles. The maximum Gasteiger partial charge on any atom is 0.255 e. The molecule has 0 bridgehead atoms. The number of rotatable bonds is 10. The summed E-state index contributed by atoms with van der Waals surface area (Å²) in [6.07, 6.45) is 3.05. The van der Waals surface area contributed by atoms with Gasteiger partial charge in [-0.15, -0.1) is 0 Å². The molecule has 0 aliphatic rings. The number of carbonyl (C=O) groups excluding carboxylic acids is 1. The highest BCUT2D eigenvalue weighted by Gasteiger charge is 2.12. The molecular formula is C20H26N2O5S. The lowest BCUT2D eigenvalue weighted by Gasteiger charge is -2.13. The Morgan fingerprint density at radius 1 is 0.964 bits per heavy atom. The third-order valence-electron chi connectivity index (χ3n) is 3.71. The van der Waals surface area contributed by atoms with E-state index in [1.807, 2.05) is 6.92 Å². The summed E-state index contributed by atoms with van der Waals surface area (Å²) >= 11 is 0. The van der Waals surface area contributed by atoms with E-state index in [2.05, 4.69) is 17.0 Å². The van der Waals surface area contributed by atoms with Gasteiger partial charge in [0.1, 0.15) is 0 Å². The average molecular weight is 407 g/mol. The molecule has 0 saturated carbocycles. The monoisotopic (exact) mass is 406 g/mol. The van der Waals surface area contributed by atoms with Gasteiger partial charge in [-0.25, -0.2) is 8.42 Å². The molecule has 7 nitrogen and oxygen atoms in total. The van der Waals surface area contributed by atoms with Gasteiger partial charge in [0, 0.05) is 16.9 Å². The van der Waals surface area contributed by atoms with Gasteiger partial charge in [-0.1, -0.05) is 13.3 Å². The van der Waals surface area contributed by atoms with Crippen molar-refractivity contribution in [3.8, 4) is 11.5 Å². The standard InChI is InChI=1S/C20H26N2O5S/c1-4-6-13-27-18-12-7-15(14-19(18)26-5-2)20(23)21-16-8-10-17(11-9-16)22-28(3,24)25/h7-12,14,22H,4-6,13H2,1-3H3,(H,21,23). The van der Waals surface area contributed by atoms with E-state index in [1.54, 1.807) is 42.5 Å². The maximum absolute atomic E-state index is 12.5. The second-order valence-corrected chi connectivity index (χ2v) is 7.95. The fourth-order valence-electron chi connectivity index (χ4n) is 2.40. The second kappa shape index (κ2) is 9.98. The number of nitrogens with one attached hydrogen (secondary N) is 2. The van der Waals surface area contributed by atoms with Crippen LogP contribution < -0.4 is 19.5 Å². The number of ether oxygens (including phenoxy) is 2. The molecule has 2 N–H and O–H groups in total. The van der Waals surface area contributed by atoms with Crippen molar-refractivity contribution in [2.24, 2.45) is 0 Å². The molecule has 0 fully saturated rings. The predicted molar refractivity (Wildman–Crippen MR) is 111 cm³/mol. The topological polar surface area (TPSA) is 93.7 Å². The summed E-state index contributed by atoms with van der Waals surface area (Å²) in [5.74, 6) is 0.840. The largest absolute Gasteiger partial charge is 0.490 e. The van der Waals surface area contributed by atoms with Crippen LogP contribution in [0.25, 0.3) is 0 Å². The quantitative estimate of drug-likeness (QED) is 0.584. The number of hydrogen-bond acceptors (Lipinski definition) is 5. The first-order valence-corrected chi connectivity index (χ1v) is 11.0. The molecular weight excluding hydrogens is 380 g/mol. The number of hydrogen-bond donors (Lipinski definition) is 2. The van der Waals surface area contributed by atoms with Crippen molar-refractivity contribution < 1.29 is 22.7 Å². The Kier molecular flexibility index (Phi) is 7.69. The van der Waals surface area contributed by atoms with Crippen molar-refractivity contribution in [2.75, 3.05) is 29.5 Å². The van der Waals surface area contributed by atoms with Crippen LogP contribution in [0.5, 0.6) is 11.5 Å². The van der Waals surface area contributed by atoms with E-state index >= 15 is 0 Å². The van der Waals surface area contributed by atoms with E-state index < -0.39 is 10.0 Å². The second-order valence-electron chi connectivity index (χ2n) is 6.20. The van der Waals surface area contributed by atoms with Gasteiger partial charge in [-0.2, -0.15) is 0 Å². The first kappa shape index (κ1) is 21.6. The van der Waals surface area contributed by atoms with Crippen LogP contribution >= 0.6 is 0 Å². The van der Waals surface area contributed by atoms with Gasteiger partial charge in [0.05, 0.1) is 19.5 Å². The van der Waals surface area contributed by atoms with Gasteiger partial charge in [-0.3, -0.25) is 9.52 Å². The fourth-order valence-corrected chi connectivity index (χ4v) is 2.97. The number of benzene rings is 2. The molecule has 0 heterocycles. The van der Waals surface area contributed by atoms with Gasteiger partial charge in [0.15, 0.2) is 11.5 Å². The SMILES string of the molecule is CCCCOc1ccc(C(=O)Nc2ccc(NS(C)(=O)=O)cc2)cc1OCC. The highest BCUT2D eigenvalue weighted by Crippen LogP contribution is 2.29. The number of anilines is 2. The molecule has 0 radical (unpaired) electrons. The minimum Gasteiger partial charge on any atom is -0.490 e. The van der Waals surface area contributed by atoms with Gasteiger partial charge < -0.3 is 14.8 Å². The maximum atomic E-state index is 12.5. The van der Waals surface area contributed by atoms with Gasteiger partial charge in [-0.05, 0) is 55.8 Å². The van der Waals surface area contributed by atoms with Crippen LogP contribution in [0.3, 0.4) is 0 Å². The lowest BCUT2D eigenvalue weighted by atomic mass is 10.1. The fraction of sp³-hybridized carbons (Fsp3) is 0.350. The Morgan fingerprint density at radius 3 is 2.25 bits per heavy atom. The third kappa shape index (κ3) is 6.77. The molecule has 2 rings (SSSR count). The van der Waals surface area contributed by atoms with Crippen molar-refractivity contribution in [3.05, 3.63) is 48.0 Å². The van der Waals surface area contributed by atoms with Crippen molar-refractivity contribution in [2.45, 2.75) is 26.7 Å². The van der Waals surface area contributed by atoms with Crippen molar-refractivity contribution in [1.29, 1.82) is 0 Å². The van der Waals surface area contributed by atoms with E-state index in [9.17, 15) is 13.2 Å². The van der Waals surface area contributed by atoms with Crippen molar-refractivity contribution in [1.82, 2.24) is 0 Å². The molecule has 2 aromatic rings. The Hall–Kier alpha value is -2.74. The van der Waals surface area contributed by atoms with Crippen molar-refractivity contribution >= 4 is 27.3 Å². The van der Waals surface area contributed by atoms with Crippen LogP contribution in [0.2, 0.25) is 0 Å². The minimum atomic E-state index is -3.34. The molecule has 0 aliphatic carbocycles. The zero-order chi connectivity index (χ0) is 20.6. The summed E-state index contributed by atoms with van der Waals surface area (Å²) in [4.78, 5) is 12.5. The number of unbranched alkanes of at least 4 members (excludes halogenated alkanes) is 1. The Morgan fingerprint density at radius 2 is 1.64 bits per heavy atom.